The molecule has 0 saturated heterocycles. The summed E-state index contributed by atoms with van der Waals surface area (Å²) in [7, 11) is 0. The van der Waals surface area contributed by atoms with Crippen molar-refractivity contribution in [2.75, 3.05) is 0 Å². The third kappa shape index (κ3) is 1.31. The molecule has 24 heavy (non-hydrogen) atoms. The quantitative estimate of drug-likeness (QED) is 0.744. The molecule has 3 aliphatic carbocycles. The van der Waals surface area contributed by atoms with Crippen LogP contribution in [0.5, 0.6) is 0 Å². The van der Waals surface area contributed by atoms with Gasteiger partial charge < -0.3 is 0 Å². The number of hydrogen-bond donors (Lipinski definition) is 0. The molecular formula is C20H12N4. The monoisotopic (exact) mass is 308 g/mol. The summed E-state index contributed by atoms with van der Waals surface area (Å²) >= 11 is 0. The van der Waals surface area contributed by atoms with Gasteiger partial charge in [-0.2, -0.15) is 21.0 Å². The summed E-state index contributed by atoms with van der Waals surface area (Å²) in [6, 6.07) is 18.1. The van der Waals surface area contributed by atoms with Crippen LogP contribution >= 0.6 is 0 Å². The van der Waals surface area contributed by atoms with E-state index in [4.69, 9.17) is 0 Å². The number of hydrogen-bond acceptors (Lipinski definition) is 4. The van der Waals surface area contributed by atoms with Crippen molar-refractivity contribution in [3.8, 4) is 24.3 Å². The summed E-state index contributed by atoms with van der Waals surface area (Å²) in [5.74, 6) is -0.822. The Bertz CT molecular complexity index is 915. The molecule has 0 aliphatic heterocycles. The van der Waals surface area contributed by atoms with E-state index >= 15 is 0 Å². The lowest BCUT2D eigenvalue weighted by Crippen LogP contribution is -2.39. The molecule has 4 rings (SSSR count). The van der Waals surface area contributed by atoms with Crippen LogP contribution in [0.15, 0.2) is 48.6 Å². The molecule has 112 valence electrons. The molecule has 0 heterocycles. The molecule has 1 aromatic carbocycles. The van der Waals surface area contributed by atoms with Gasteiger partial charge in [-0.25, -0.2) is 0 Å². The van der Waals surface area contributed by atoms with Gasteiger partial charge >= 0.3 is 0 Å². The van der Waals surface area contributed by atoms with Crippen LogP contribution in [0.2, 0.25) is 0 Å². The van der Waals surface area contributed by atoms with Gasteiger partial charge in [-0.3, -0.25) is 0 Å². The van der Waals surface area contributed by atoms with Crippen LogP contribution in [0, 0.1) is 79.8 Å². The first-order chi connectivity index (χ1) is 11.7. The van der Waals surface area contributed by atoms with E-state index < -0.39 is 16.7 Å². The predicted molar refractivity (Wildman–Crippen MR) is 84.8 cm³/mol. The fourth-order valence-electron chi connectivity index (χ4n) is 4.89. The van der Waals surface area contributed by atoms with Gasteiger partial charge in [0.2, 0.25) is 0 Å². The third-order valence-electron chi connectivity index (χ3n) is 5.92. The molecule has 1 fully saturated rings. The minimum absolute atomic E-state index is 0.0482. The predicted octanol–water partition coefficient (Wildman–Crippen LogP) is 3.20. The molecule has 0 bridgehead atoms. The zero-order valence-corrected chi connectivity index (χ0v) is 12.7. The van der Waals surface area contributed by atoms with Crippen molar-refractivity contribution < 1.29 is 0 Å². The number of nitriles is 4. The molecule has 0 aromatic heterocycles. The number of nitrogens with zero attached hydrogens (tertiary/aromatic N) is 4. The maximum Gasteiger partial charge on any atom is 0.182 e. The molecule has 0 unspecified atom stereocenters. The standard InChI is InChI=1S/C20H12N4/c21-9-19(10-22)16-7-6-14-15(13-4-2-1-3-5-13)8-17(18(14)16)20(19,11-23)12-24/h1-8,14,16-18H/t14-,16+,17-,18-/m1/s1. The highest BCUT2D eigenvalue weighted by Gasteiger charge is 2.74. The minimum atomic E-state index is -1.63. The van der Waals surface area contributed by atoms with Crippen LogP contribution in [0.3, 0.4) is 0 Å². The molecule has 1 aromatic rings. The lowest BCUT2D eigenvalue weighted by molar-refractivity contribution is 0.291. The molecule has 3 aliphatic rings. The van der Waals surface area contributed by atoms with Gasteiger partial charge in [0.05, 0.1) is 24.3 Å². The Morgan fingerprint density at radius 1 is 0.750 bits per heavy atom. The first-order valence-electron chi connectivity index (χ1n) is 7.79. The van der Waals surface area contributed by atoms with Crippen LogP contribution in [0.4, 0.5) is 0 Å². The fraction of sp³-hybridized carbons (Fsp3) is 0.300. The summed E-state index contributed by atoms with van der Waals surface area (Å²) < 4.78 is 0. The molecule has 4 nitrogen and oxygen atoms in total. The smallest absolute Gasteiger partial charge is 0.182 e. The molecule has 4 atom stereocenters. The maximum atomic E-state index is 9.82. The second-order valence-corrected chi connectivity index (χ2v) is 6.59. The Balaban J connectivity index is 1.96. The summed E-state index contributed by atoms with van der Waals surface area (Å²) in [4.78, 5) is 0. The second-order valence-electron chi connectivity index (χ2n) is 6.59. The number of benzene rings is 1. The second kappa shape index (κ2) is 4.58. The average Bonchev–Trinajstić information content (AvgIpc) is 3.28. The van der Waals surface area contributed by atoms with Crippen molar-refractivity contribution in [2.24, 2.45) is 34.5 Å². The minimum Gasteiger partial charge on any atom is -0.196 e. The fourth-order valence-corrected chi connectivity index (χ4v) is 4.89. The van der Waals surface area contributed by atoms with E-state index in [-0.39, 0.29) is 17.8 Å². The number of rotatable bonds is 1. The van der Waals surface area contributed by atoms with E-state index in [0.29, 0.717) is 0 Å². The van der Waals surface area contributed by atoms with Crippen LogP contribution in [-0.2, 0) is 0 Å². The first-order valence-corrected chi connectivity index (χ1v) is 7.79. The molecular weight excluding hydrogens is 296 g/mol. The van der Waals surface area contributed by atoms with Gasteiger partial charge in [-0.1, -0.05) is 48.6 Å². The summed E-state index contributed by atoms with van der Waals surface area (Å²) in [5.41, 5.74) is -1.10. The summed E-state index contributed by atoms with van der Waals surface area (Å²) in [5, 5.41) is 39.1. The lowest BCUT2D eigenvalue weighted by Gasteiger charge is -2.28. The Hall–Kier alpha value is -3.34. The Kier molecular flexibility index (Phi) is 2.72. The Morgan fingerprint density at radius 2 is 1.33 bits per heavy atom. The van der Waals surface area contributed by atoms with Gasteiger partial charge in [0.1, 0.15) is 0 Å². The van der Waals surface area contributed by atoms with Crippen molar-refractivity contribution in [2.45, 2.75) is 0 Å². The van der Waals surface area contributed by atoms with Gasteiger partial charge in [-0.05, 0) is 17.1 Å². The van der Waals surface area contributed by atoms with Crippen LogP contribution in [0.25, 0.3) is 5.57 Å². The van der Waals surface area contributed by atoms with E-state index in [1.807, 2.05) is 60.7 Å². The third-order valence-corrected chi connectivity index (χ3v) is 5.92. The van der Waals surface area contributed by atoms with E-state index in [2.05, 4.69) is 12.1 Å². The summed E-state index contributed by atoms with van der Waals surface area (Å²) in [6.07, 6.45) is 5.88. The first kappa shape index (κ1) is 14.3. The normalized spacial score (nSPS) is 32.8. The van der Waals surface area contributed by atoms with Gasteiger partial charge in [0, 0.05) is 17.8 Å². The zero-order valence-electron chi connectivity index (χ0n) is 12.7. The van der Waals surface area contributed by atoms with Crippen LogP contribution in [0.1, 0.15) is 5.56 Å². The van der Waals surface area contributed by atoms with Gasteiger partial charge in [0.25, 0.3) is 0 Å². The van der Waals surface area contributed by atoms with Crippen LogP contribution < -0.4 is 0 Å². The SMILES string of the molecule is N#CC1(C#N)[C@@H]2C=C(c3ccccc3)[C@H]3C=C[C@@H]([C@@H]32)C1(C#N)C#N. The molecule has 0 spiro atoms. The highest BCUT2D eigenvalue weighted by Crippen LogP contribution is 2.70. The molecule has 4 heteroatoms. The van der Waals surface area contributed by atoms with Gasteiger partial charge in [-0.15, -0.1) is 0 Å². The van der Waals surface area contributed by atoms with Crippen molar-refractivity contribution in [1.29, 1.82) is 21.0 Å². The van der Waals surface area contributed by atoms with Crippen molar-refractivity contribution in [3.05, 3.63) is 54.1 Å². The Labute approximate surface area is 140 Å². The van der Waals surface area contributed by atoms with E-state index in [1.165, 1.54) is 0 Å². The highest BCUT2D eigenvalue weighted by atomic mass is 14.7. The Morgan fingerprint density at radius 3 is 1.92 bits per heavy atom. The van der Waals surface area contributed by atoms with Crippen molar-refractivity contribution in [1.82, 2.24) is 0 Å². The largest absolute Gasteiger partial charge is 0.196 e. The van der Waals surface area contributed by atoms with E-state index in [1.54, 1.807) is 0 Å². The highest BCUT2D eigenvalue weighted by molar-refractivity contribution is 5.74. The average molecular weight is 308 g/mol. The van der Waals surface area contributed by atoms with E-state index in [0.717, 1.165) is 11.1 Å². The van der Waals surface area contributed by atoms with Crippen molar-refractivity contribution >= 4 is 5.57 Å². The van der Waals surface area contributed by atoms with Gasteiger partial charge in [0.15, 0.2) is 10.8 Å². The molecule has 0 radical (unpaired) electrons. The van der Waals surface area contributed by atoms with E-state index in [9.17, 15) is 21.0 Å². The lowest BCUT2D eigenvalue weighted by atomic mass is 9.63. The molecule has 0 N–H and O–H groups in total. The molecule has 1 saturated carbocycles. The number of allylic oxidation sites excluding steroid dienone is 4. The topological polar surface area (TPSA) is 95.2 Å². The maximum absolute atomic E-state index is 9.82. The summed E-state index contributed by atoms with van der Waals surface area (Å²) in [6.45, 7) is 0. The van der Waals surface area contributed by atoms with Crippen molar-refractivity contribution in [3.63, 3.8) is 0 Å². The van der Waals surface area contributed by atoms with Crippen LogP contribution in [-0.4, -0.2) is 0 Å². The zero-order chi connectivity index (χ0) is 16.9. The molecule has 0 amide bonds.